The van der Waals surface area contributed by atoms with Gasteiger partial charge in [-0.2, -0.15) is 0 Å². The van der Waals surface area contributed by atoms with Gasteiger partial charge in [-0.05, 0) is 37.4 Å². The predicted octanol–water partition coefficient (Wildman–Crippen LogP) is 1.32. The van der Waals surface area contributed by atoms with E-state index in [2.05, 4.69) is 35.2 Å². The number of likely N-dealkylation sites (N-methyl/N-ethyl adjacent to an activating group) is 1. The largest absolute Gasteiger partial charge is 0.344 e. The second kappa shape index (κ2) is 7.41. The quantitative estimate of drug-likeness (QED) is 0.881. The molecule has 20 heavy (non-hydrogen) atoms. The van der Waals surface area contributed by atoms with Crippen LogP contribution in [0.4, 0.5) is 0 Å². The number of hydrogen-bond acceptors (Lipinski definition) is 3. The number of amides is 1. The van der Waals surface area contributed by atoms with Crippen molar-refractivity contribution >= 4 is 5.91 Å². The lowest BCUT2D eigenvalue weighted by Crippen LogP contribution is -2.40. The molecule has 0 saturated carbocycles. The van der Waals surface area contributed by atoms with Crippen molar-refractivity contribution in [3.05, 3.63) is 35.9 Å². The maximum atomic E-state index is 11.5. The monoisotopic (exact) mass is 275 g/mol. The number of carbonyl (C=O) groups is 1. The predicted molar refractivity (Wildman–Crippen MR) is 81.1 cm³/mol. The Bertz CT molecular complexity index is 413. The number of benzene rings is 1. The van der Waals surface area contributed by atoms with E-state index in [1.54, 1.807) is 4.90 Å². The zero-order valence-corrected chi connectivity index (χ0v) is 12.3. The summed E-state index contributed by atoms with van der Waals surface area (Å²) in [6.45, 7) is 4.22. The van der Waals surface area contributed by atoms with Gasteiger partial charge in [0.15, 0.2) is 0 Å². The van der Waals surface area contributed by atoms with Crippen LogP contribution < -0.4 is 5.73 Å². The van der Waals surface area contributed by atoms with Crippen LogP contribution >= 0.6 is 0 Å². The van der Waals surface area contributed by atoms with Gasteiger partial charge >= 0.3 is 0 Å². The molecule has 2 N–H and O–H groups in total. The van der Waals surface area contributed by atoms with Crippen LogP contribution in [0.15, 0.2) is 30.3 Å². The topological polar surface area (TPSA) is 49.6 Å². The molecule has 4 heteroatoms. The summed E-state index contributed by atoms with van der Waals surface area (Å²) < 4.78 is 0. The molecule has 0 radical (unpaired) electrons. The fourth-order valence-electron chi connectivity index (χ4n) is 2.81. The van der Waals surface area contributed by atoms with E-state index >= 15 is 0 Å². The van der Waals surface area contributed by atoms with Crippen LogP contribution in [0.25, 0.3) is 0 Å². The molecule has 1 aliphatic rings. The fraction of sp³-hybridized carbons (Fsp3) is 0.562. The van der Waals surface area contributed by atoms with E-state index in [9.17, 15) is 4.79 Å². The molecular weight excluding hydrogens is 250 g/mol. The molecule has 2 rings (SSSR count). The molecule has 1 saturated heterocycles. The van der Waals surface area contributed by atoms with Gasteiger partial charge in [0, 0.05) is 20.1 Å². The summed E-state index contributed by atoms with van der Waals surface area (Å²) in [4.78, 5) is 15.8. The van der Waals surface area contributed by atoms with Crippen molar-refractivity contribution in [2.75, 3.05) is 33.2 Å². The van der Waals surface area contributed by atoms with Crippen LogP contribution in [-0.4, -0.2) is 48.9 Å². The van der Waals surface area contributed by atoms with Crippen LogP contribution in [0.3, 0.4) is 0 Å². The van der Waals surface area contributed by atoms with Crippen molar-refractivity contribution in [3.63, 3.8) is 0 Å². The van der Waals surface area contributed by atoms with Gasteiger partial charge in [-0.3, -0.25) is 9.69 Å². The summed E-state index contributed by atoms with van der Waals surface area (Å²) in [6.07, 6.45) is 2.32. The lowest BCUT2D eigenvalue weighted by molar-refractivity contribution is -0.129. The maximum absolute atomic E-state index is 11.5. The molecule has 1 aliphatic heterocycles. The molecule has 110 valence electrons. The molecule has 0 aromatic heterocycles. The third-order valence-electron chi connectivity index (χ3n) is 4.09. The first-order chi connectivity index (χ1) is 9.69. The van der Waals surface area contributed by atoms with Crippen molar-refractivity contribution in [1.82, 2.24) is 9.80 Å². The van der Waals surface area contributed by atoms with Gasteiger partial charge in [0.2, 0.25) is 5.91 Å². The Morgan fingerprint density at radius 3 is 2.55 bits per heavy atom. The standard InChI is InChI=1S/C16H25N3O/c1-18(16(20)11-17)12-15-7-9-19(10-8-15)13-14-5-3-2-4-6-14/h2-6,15H,7-13,17H2,1H3. The van der Waals surface area contributed by atoms with E-state index in [0.717, 1.165) is 39.0 Å². The number of likely N-dealkylation sites (tertiary alicyclic amines) is 1. The second-order valence-electron chi connectivity index (χ2n) is 5.68. The van der Waals surface area contributed by atoms with Gasteiger partial charge in [-0.1, -0.05) is 30.3 Å². The first-order valence-electron chi connectivity index (χ1n) is 7.39. The van der Waals surface area contributed by atoms with Gasteiger partial charge in [0.05, 0.1) is 6.54 Å². The van der Waals surface area contributed by atoms with E-state index in [0.29, 0.717) is 5.92 Å². The molecule has 1 amide bonds. The molecule has 0 atom stereocenters. The number of carbonyl (C=O) groups excluding carboxylic acids is 1. The van der Waals surface area contributed by atoms with Crippen LogP contribution in [0.2, 0.25) is 0 Å². The highest BCUT2D eigenvalue weighted by molar-refractivity contribution is 5.77. The maximum Gasteiger partial charge on any atom is 0.236 e. The first kappa shape index (κ1) is 15.0. The van der Waals surface area contributed by atoms with E-state index in [1.165, 1.54) is 5.56 Å². The highest BCUT2D eigenvalue weighted by Crippen LogP contribution is 2.19. The third kappa shape index (κ3) is 4.32. The van der Waals surface area contributed by atoms with Crippen molar-refractivity contribution in [3.8, 4) is 0 Å². The number of rotatable bonds is 5. The Labute approximate surface area is 121 Å². The van der Waals surface area contributed by atoms with E-state index in [4.69, 9.17) is 5.73 Å². The van der Waals surface area contributed by atoms with Crippen LogP contribution in [-0.2, 0) is 11.3 Å². The van der Waals surface area contributed by atoms with Gasteiger partial charge in [0.25, 0.3) is 0 Å². The van der Waals surface area contributed by atoms with Crippen molar-refractivity contribution in [2.45, 2.75) is 19.4 Å². The zero-order valence-electron chi connectivity index (χ0n) is 12.3. The molecular formula is C16H25N3O. The van der Waals surface area contributed by atoms with Crippen LogP contribution in [0, 0.1) is 5.92 Å². The molecule has 0 spiro atoms. The van der Waals surface area contributed by atoms with E-state index in [1.807, 2.05) is 7.05 Å². The number of hydrogen-bond donors (Lipinski definition) is 1. The van der Waals surface area contributed by atoms with Crippen molar-refractivity contribution < 1.29 is 4.79 Å². The fourth-order valence-corrected chi connectivity index (χ4v) is 2.81. The Kier molecular flexibility index (Phi) is 5.56. The normalized spacial score (nSPS) is 17.1. The summed E-state index contributed by atoms with van der Waals surface area (Å²) in [5, 5.41) is 0. The smallest absolute Gasteiger partial charge is 0.236 e. The minimum absolute atomic E-state index is 0.0386. The Balaban J connectivity index is 1.74. The first-order valence-corrected chi connectivity index (χ1v) is 7.39. The lowest BCUT2D eigenvalue weighted by Gasteiger charge is -2.33. The summed E-state index contributed by atoms with van der Waals surface area (Å²) >= 11 is 0. The van der Waals surface area contributed by atoms with Crippen molar-refractivity contribution in [1.29, 1.82) is 0 Å². The van der Waals surface area contributed by atoms with Crippen molar-refractivity contribution in [2.24, 2.45) is 11.7 Å². The van der Waals surface area contributed by atoms with Gasteiger partial charge in [-0.25, -0.2) is 0 Å². The average molecular weight is 275 g/mol. The minimum Gasteiger partial charge on any atom is -0.344 e. The summed E-state index contributed by atoms with van der Waals surface area (Å²) in [6, 6.07) is 10.6. The van der Waals surface area contributed by atoms with Crippen LogP contribution in [0.5, 0.6) is 0 Å². The van der Waals surface area contributed by atoms with Gasteiger partial charge < -0.3 is 10.6 Å². The number of nitrogens with zero attached hydrogens (tertiary/aromatic N) is 2. The van der Waals surface area contributed by atoms with E-state index < -0.39 is 0 Å². The molecule has 1 aromatic carbocycles. The Hall–Kier alpha value is -1.39. The molecule has 1 aromatic rings. The van der Waals surface area contributed by atoms with Gasteiger partial charge in [-0.15, -0.1) is 0 Å². The Morgan fingerprint density at radius 1 is 1.30 bits per heavy atom. The summed E-state index contributed by atoms with van der Waals surface area (Å²) in [7, 11) is 1.85. The zero-order chi connectivity index (χ0) is 14.4. The summed E-state index contributed by atoms with van der Waals surface area (Å²) in [5.74, 6) is 0.652. The number of piperidine rings is 1. The number of nitrogens with two attached hydrogens (primary N) is 1. The summed E-state index contributed by atoms with van der Waals surface area (Å²) in [5.41, 5.74) is 6.76. The SMILES string of the molecule is CN(CC1CCN(Cc2ccccc2)CC1)C(=O)CN. The molecule has 1 fully saturated rings. The molecule has 0 bridgehead atoms. The lowest BCUT2D eigenvalue weighted by atomic mass is 9.96. The molecule has 4 nitrogen and oxygen atoms in total. The molecule has 0 unspecified atom stereocenters. The Morgan fingerprint density at radius 2 is 1.95 bits per heavy atom. The average Bonchev–Trinajstić information content (AvgIpc) is 2.49. The molecule has 1 heterocycles. The third-order valence-corrected chi connectivity index (χ3v) is 4.09. The molecule has 0 aliphatic carbocycles. The highest BCUT2D eigenvalue weighted by atomic mass is 16.2. The second-order valence-corrected chi connectivity index (χ2v) is 5.68. The van der Waals surface area contributed by atoms with Crippen LogP contribution in [0.1, 0.15) is 18.4 Å². The van der Waals surface area contributed by atoms with Gasteiger partial charge in [0.1, 0.15) is 0 Å². The minimum atomic E-state index is 0.0386. The highest BCUT2D eigenvalue weighted by Gasteiger charge is 2.21. The van der Waals surface area contributed by atoms with E-state index in [-0.39, 0.29) is 12.5 Å².